The van der Waals surface area contributed by atoms with Gasteiger partial charge in [-0.25, -0.2) is 8.78 Å². The second-order valence-corrected chi connectivity index (χ2v) is 5.74. The van der Waals surface area contributed by atoms with E-state index in [-0.39, 0.29) is 16.5 Å². The lowest BCUT2D eigenvalue weighted by Gasteiger charge is -2.12. The van der Waals surface area contributed by atoms with E-state index in [1.807, 2.05) is 0 Å². The molecule has 0 aliphatic heterocycles. The van der Waals surface area contributed by atoms with Crippen LogP contribution in [0.25, 0.3) is 0 Å². The molecule has 0 heterocycles. The van der Waals surface area contributed by atoms with Crippen LogP contribution in [-0.2, 0) is 6.42 Å². The molecule has 1 rings (SSSR count). The fraction of sp³-hybridized carbons (Fsp3) is 0.600. The van der Waals surface area contributed by atoms with E-state index >= 15 is 0 Å². The van der Waals surface area contributed by atoms with Crippen LogP contribution in [0.4, 0.5) is 8.78 Å². The fourth-order valence-corrected chi connectivity index (χ4v) is 2.45. The summed E-state index contributed by atoms with van der Waals surface area (Å²) in [4.78, 5) is 0. The van der Waals surface area contributed by atoms with Gasteiger partial charge in [0.15, 0.2) is 0 Å². The van der Waals surface area contributed by atoms with Crippen molar-refractivity contribution in [2.45, 2.75) is 58.0 Å². The van der Waals surface area contributed by atoms with Gasteiger partial charge in [0.1, 0.15) is 11.6 Å². The summed E-state index contributed by atoms with van der Waals surface area (Å²) in [5.41, 5.74) is -0.0320. The van der Waals surface area contributed by atoms with E-state index in [1.165, 1.54) is 25.0 Å². The van der Waals surface area contributed by atoms with Gasteiger partial charge < -0.3 is 5.11 Å². The van der Waals surface area contributed by atoms with Crippen LogP contribution >= 0.6 is 15.9 Å². The number of rotatable bonds is 8. The molecule has 0 saturated heterocycles. The summed E-state index contributed by atoms with van der Waals surface area (Å²) in [6, 6.07) is 2.56. The molecule has 4 heteroatoms. The second-order valence-electron chi connectivity index (χ2n) is 4.88. The molecule has 0 saturated carbocycles. The summed E-state index contributed by atoms with van der Waals surface area (Å²) in [5.74, 6) is -1.20. The molecular formula is C15H21BrF2O. The fourth-order valence-electron chi connectivity index (χ4n) is 2.08. The molecule has 0 radical (unpaired) electrons. The minimum absolute atomic E-state index is 0.0320. The first-order valence-electron chi connectivity index (χ1n) is 6.86. The molecule has 0 aliphatic rings. The zero-order valence-electron chi connectivity index (χ0n) is 11.3. The van der Waals surface area contributed by atoms with Crippen LogP contribution < -0.4 is 0 Å². The maximum absolute atomic E-state index is 13.7. The van der Waals surface area contributed by atoms with Gasteiger partial charge >= 0.3 is 0 Å². The van der Waals surface area contributed by atoms with Crippen LogP contribution in [0.3, 0.4) is 0 Å². The maximum atomic E-state index is 13.7. The van der Waals surface area contributed by atoms with Crippen LogP contribution in [0.1, 0.15) is 51.0 Å². The number of hydrogen-bond acceptors (Lipinski definition) is 1. The predicted molar refractivity (Wildman–Crippen MR) is 77.1 cm³/mol. The standard InChI is InChI=1S/C15H21BrF2O/c1-2-3-4-5-6-7-11(19)10-12-14(17)9-8-13(16)15(12)18/h8-9,11,19H,2-7,10H2,1H3. The molecular weight excluding hydrogens is 314 g/mol. The average molecular weight is 335 g/mol. The maximum Gasteiger partial charge on any atom is 0.143 e. The summed E-state index contributed by atoms with van der Waals surface area (Å²) in [6.07, 6.45) is 5.44. The van der Waals surface area contributed by atoms with Crippen molar-refractivity contribution in [2.75, 3.05) is 0 Å². The lowest BCUT2D eigenvalue weighted by atomic mass is 10.0. The van der Waals surface area contributed by atoms with Gasteiger partial charge in [-0.15, -0.1) is 0 Å². The van der Waals surface area contributed by atoms with Crippen LogP contribution in [0.5, 0.6) is 0 Å². The Morgan fingerprint density at radius 2 is 1.84 bits per heavy atom. The highest BCUT2D eigenvalue weighted by Crippen LogP contribution is 2.23. The van der Waals surface area contributed by atoms with Gasteiger partial charge in [-0.05, 0) is 34.5 Å². The number of unbranched alkanes of at least 4 members (excludes halogenated alkanes) is 4. The van der Waals surface area contributed by atoms with E-state index in [9.17, 15) is 13.9 Å². The second kappa shape index (κ2) is 8.64. The predicted octanol–water partition coefficient (Wildman–Crippen LogP) is 4.99. The summed E-state index contributed by atoms with van der Waals surface area (Å²) >= 11 is 3.03. The third-order valence-electron chi connectivity index (χ3n) is 3.22. The van der Waals surface area contributed by atoms with E-state index in [4.69, 9.17) is 0 Å². The van der Waals surface area contributed by atoms with Crippen LogP contribution in [0.2, 0.25) is 0 Å². The first-order valence-corrected chi connectivity index (χ1v) is 7.66. The molecule has 0 bridgehead atoms. The molecule has 1 aromatic rings. The Morgan fingerprint density at radius 3 is 2.53 bits per heavy atom. The molecule has 0 amide bonds. The molecule has 19 heavy (non-hydrogen) atoms. The van der Waals surface area contributed by atoms with Crippen molar-refractivity contribution in [1.82, 2.24) is 0 Å². The molecule has 1 nitrogen and oxygen atoms in total. The molecule has 0 fully saturated rings. The van der Waals surface area contributed by atoms with Gasteiger partial charge in [0.05, 0.1) is 10.6 Å². The van der Waals surface area contributed by atoms with Gasteiger partial charge in [0, 0.05) is 12.0 Å². The molecule has 0 aliphatic carbocycles. The highest BCUT2D eigenvalue weighted by atomic mass is 79.9. The lowest BCUT2D eigenvalue weighted by Crippen LogP contribution is -2.13. The smallest absolute Gasteiger partial charge is 0.143 e. The first kappa shape index (κ1) is 16.6. The number of aliphatic hydroxyl groups is 1. The van der Waals surface area contributed by atoms with Crippen molar-refractivity contribution in [3.63, 3.8) is 0 Å². The minimum atomic E-state index is -0.681. The SMILES string of the molecule is CCCCCCCC(O)Cc1c(F)ccc(Br)c1F. The summed E-state index contributed by atoms with van der Waals surface area (Å²) in [6.45, 7) is 2.15. The quantitative estimate of drug-likeness (QED) is 0.524. The van der Waals surface area contributed by atoms with Crippen molar-refractivity contribution < 1.29 is 13.9 Å². The topological polar surface area (TPSA) is 20.2 Å². The van der Waals surface area contributed by atoms with Crippen molar-refractivity contribution in [3.05, 3.63) is 33.8 Å². The van der Waals surface area contributed by atoms with E-state index in [0.717, 1.165) is 19.3 Å². The highest BCUT2D eigenvalue weighted by molar-refractivity contribution is 9.10. The molecule has 1 atom stereocenters. The zero-order valence-corrected chi connectivity index (χ0v) is 12.8. The van der Waals surface area contributed by atoms with Crippen LogP contribution in [-0.4, -0.2) is 11.2 Å². The lowest BCUT2D eigenvalue weighted by molar-refractivity contribution is 0.158. The number of aliphatic hydroxyl groups excluding tert-OH is 1. The van der Waals surface area contributed by atoms with E-state index < -0.39 is 17.7 Å². The van der Waals surface area contributed by atoms with Gasteiger partial charge in [-0.3, -0.25) is 0 Å². The van der Waals surface area contributed by atoms with Crippen LogP contribution in [0, 0.1) is 11.6 Å². The Balaban J connectivity index is 2.44. The van der Waals surface area contributed by atoms with E-state index in [0.29, 0.717) is 6.42 Å². The Kier molecular flexibility index (Phi) is 7.54. The molecule has 1 aromatic carbocycles. The summed E-state index contributed by atoms with van der Waals surface area (Å²) in [7, 11) is 0. The number of hydrogen-bond donors (Lipinski definition) is 1. The van der Waals surface area contributed by atoms with Crippen molar-refractivity contribution in [1.29, 1.82) is 0 Å². The van der Waals surface area contributed by atoms with Crippen LogP contribution in [0.15, 0.2) is 16.6 Å². The van der Waals surface area contributed by atoms with Gasteiger partial charge in [0.2, 0.25) is 0 Å². The largest absolute Gasteiger partial charge is 0.393 e. The number of benzene rings is 1. The highest BCUT2D eigenvalue weighted by Gasteiger charge is 2.16. The van der Waals surface area contributed by atoms with Gasteiger partial charge in [-0.1, -0.05) is 39.0 Å². The molecule has 0 aromatic heterocycles. The Morgan fingerprint density at radius 1 is 1.16 bits per heavy atom. The molecule has 1 unspecified atom stereocenters. The third kappa shape index (κ3) is 5.57. The molecule has 1 N–H and O–H groups in total. The first-order chi connectivity index (χ1) is 9.06. The van der Waals surface area contributed by atoms with E-state index in [1.54, 1.807) is 0 Å². The Hall–Kier alpha value is -0.480. The Bertz CT molecular complexity index is 396. The summed E-state index contributed by atoms with van der Waals surface area (Å²) < 4.78 is 27.5. The zero-order chi connectivity index (χ0) is 14.3. The molecule has 108 valence electrons. The van der Waals surface area contributed by atoms with Gasteiger partial charge in [-0.2, -0.15) is 0 Å². The average Bonchev–Trinajstić information content (AvgIpc) is 2.39. The normalized spacial score (nSPS) is 12.7. The number of halogens is 3. The Labute approximate surface area is 122 Å². The summed E-state index contributed by atoms with van der Waals surface area (Å²) in [5, 5.41) is 9.85. The third-order valence-corrected chi connectivity index (χ3v) is 3.83. The van der Waals surface area contributed by atoms with Crippen molar-refractivity contribution in [3.8, 4) is 0 Å². The molecule has 0 spiro atoms. The monoisotopic (exact) mass is 334 g/mol. The van der Waals surface area contributed by atoms with Crippen molar-refractivity contribution >= 4 is 15.9 Å². The minimum Gasteiger partial charge on any atom is -0.393 e. The van der Waals surface area contributed by atoms with Gasteiger partial charge in [0.25, 0.3) is 0 Å². The van der Waals surface area contributed by atoms with Crippen molar-refractivity contribution in [2.24, 2.45) is 0 Å². The van der Waals surface area contributed by atoms with E-state index in [2.05, 4.69) is 22.9 Å².